The number of hydrazone groups is 1. The minimum absolute atomic E-state index is 0.00260. The fraction of sp³-hybridized carbons (Fsp3) is 0.0667. The molecule has 0 bridgehead atoms. The predicted octanol–water partition coefficient (Wildman–Crippen LogP) is 1.98. The molecule has 11 heteroatoms. The summed E-state index contributed by atoms with van der Waals surface area (Å²) < 4.78 is 4.90. The van der Waals surface area contributed by atoms with E-state index in [0.717, 1.165) is 18.3 Å². The van der Waals surface area contributed by atoms with Gasteiger partial charge in [0.2, 0.25) is 5.75 Å². The van der Waals surface area contributed by atoms with E-state index >= 15 is 0 Å². The topological polar surface area (TPSA) is 157 Å². The molecule has 2 rings (SSSR count). The maximum Gasteiger partial charge on any atom is 0.315 e. The van der Waals surface area contributed by atoms with Gasteiger partial charge in [0.05, 0.1) is 29.2 Å². The van der Waals surface area contributed by atoms with Crippen LogP contribution in [0.5, 0.6) is 11.5 Å². The van der Waals surface area contributed by atoms with Crippen LogP contribution in [0.1, 0.15) is 15.9 Å². The Labute approximate surface area is 145 Å². The number of hydrogen-bond acceptors (Lipinski definition) is 8. The Morgan fingerprint density at radius 3 is 2.58 bits per heavy atom. The van der Waals surface area contributed by atoms with Gasteiger partial charge >= 0.3 is 5.69 Å². The fourth-order valence-electron chi connectivity index (χ4n) is 1.96. The van der Waals surface area contributed by atoms with Crippen LogP contribution in [0.25, 0.3) is 0 Å². The second-order valence-corrected chi connectivity index (χ2v) is 4.85. The van der Waals surface area contributed by atoms with Gasteiger partial charge < -0.3 is 9.84 Å². The maximum absolute atomic E-state index is 12.0. The number of hydrogen-bond donors (Lipinski definition) is 2. The zero-order valence-corrected chi connectivity index (χ0v) is 13.3. The number of amides is 1. The lowest BCUT2D eigenvalue weighted by Crippen LogP contribution is -2.17. The molecule has 11 nitrogen and oxygen atoms in total. The summed E-state index contributed by atoms with van der Waals surface area (Å²) >= 11 is 0. The van der Waals surface area contributed by atoms with Gasteiger partial charge in [0, 0.05) is 23.3 Å². The number of nitrogens with zero attached hydrogens (tertiary/aromatic N) is 3. The van der Waals surface area contributed by atoms with Crippen LogP contribution in [0, 0.1) is 20.2 Å². The number of benzene rings is 2. The van der Waals surface area contributed by atoms with Crippen LogP contribution in [0.15, 0.2) is 41.5 Å². The average molecular weight is 360 g/mol. The van der Waals surface area contributed by atoms with E-state index in [4.69, 9.17) is 4.74 Å². The largest absolute Gasteiger partial charge is 0.502 e. The minimum Gasteiger partial charge on any atom is -0.502 e. The summed E-state index contributed by atoms with van der Waals surface area (Å²) in [4.78, 5) is 32.1. The highest BCUT2D eigenvalue weighted by Crippen LogP contribution is 2.33. The number of non-ortho nitro benzene ring substituents is 1. The van der Waals surface area contributed by atoms with Crippen molar-refractivity contribution in [3.8, 4) is 11.5 Å². The number of rotatable bonds is 6. The van der Waals surface area contributed by atoms with E-state index in [2.05, 4.69) is 10.5 Å². The van der Waals surface area contributed by atoms with Crippen molar-refractivity contribution in [1.82, 2.24) is 5.43 Å². The van der Waals surface area contributed by atoms with E-state index in [1.54, 1.807) is 0 Å². The van der Waals surface area contributed by atoms with E-state index in [0.29, 0.717) is 0 Å². The summed E-state index contributed by atoms with van der Waals surface area (Å²) in [7, 11) is 1.29. The molecular weight excluding hydrogens is 348 g/mol. The van der Waals surface area contributed by atoms with Gasteiger partial charge in [-0.3, -0.25) is 25.0 Å². The van der Waals surface area contributed by atoms with Gasteiger partial charge in [-0.1, -0.05) is 6.07 Å². The van der Waals surface area contributed by atoms with Crippen LogP contribution in [0.2, 0.25) is 0 Å². The highest BCUT2D eigenvalue weighted by Gasteiger charge is 2.19. The van der Waals surface area contributed by atoms with Gasteiger partial charge in [-0.15, -0.1) is 0 Å². The van der Waals surface area contributed by atoms with Crippen molar-refractivity contribution >= 4 is 23.5 Å². The molecule has 2 N–H and O–H groups in total. The maximum atomic E-state index is 12.0. The Kier molecular flexibility index (Phi) is 5.43. The van der Waals surface area contributed by atoms with Crippen LogP contribution >= 0.6 is 0 Å². The molecule has 0 atom stereocenters. The summed E-state index contributed by atoms with van der Waals surface area (Å²) in [5.74, 6) is -1.27. The third-order valence-electron chi connectivity index (χ3n) is 3.21. The van der Waals surface area contributed by atoms with Crippen LogP contribution in [0.4, 0.5) is 11.4 Å². The van der Waals surface area contributed by atoms with Crippen molar-refractivity contribution in [2.45, 2.75) is 0 Å². The molecule has 1 amide bonds. The molecule has 0 aliphatic rings. The van der Waals surface area contributed by atoms with Gasteiger partial charge in [0.1, 0.15) is 5.75 Å². The molecule has 0 heterocycles. The number of phenols is 1. The number of nitro benzene ring substituents is 2. The van der Waals surface area contributed by atoms with Gasteiger partial charge in [-0.25, -0.2) is 5.43 Å². The SMILES string of the molecule is COc1cc(/C=N\NC(=O)c2cccc([N+](=O)[O-])c2)c(O)c([N+](=O)[O-])c1. The summed E-state index contributed by atoms with van der Waals surface area (Å²) in [5.41, 5.74) is 1.20. The summed E-state index contributed by atoms with van der Waals surface area (Å²) in [6.07, 6.45) is 0.986. The third-order valence-corrected chi connectivity index (χ3v) is 3.21. The summed E-state index contributed by atoms with van der Waals surface area (Å²) in [6.45, 7) is 0. The van der Waals surface area contributed by atoms with Crippen molar-refractivity contribution in [2.24, 2.45) is 5.10 Å². The first-order chi connectivity index (χ1) is 12.3. The van der Waals surface area contributed by atoms with E-state index in [1.807, 2.05) is 0 Å². The average Bonchev–Trinajstić information content (AvgIpc) is 2.62. The second-order valence-electron chi connectivity index (χ2n) is 4.85. The van der Waals surface area contributed by atoms with Crippen LogP contribution in [-0.4, -0.2) is 34.2 Å². The fourth-order valence-corrected chi connectivity index (χ4v) is 1.96. The summed E-state index contributed by atoms with van der Waals surface area (Å²) in [6, 6.07) is 7.31. The van der Waals surface area contributed by atoms with Gasteiger partial charge in [-0.05, 0) is 12.1 Å². The first-order valence-electron chi connectivity index (χ1n) is 6.96. The van der Waals surface area contributed by atoms with E-state index < -0.39 is 27.2 Å². The smallest absolute Gasteiger partial charge is 0.315 e. The van der Waals surface area contributed by atoms with E-state index in [1.165, 1.54) is 31.4 Å². The van der Waals surface area contributed by atoms with Crippen molar-refractivity contribution in [2.75, 3.05) is 7.11 Å². The molecule has 0 spiro atoms. The Bertz CT molecular complexity index is 911. The summed E-state index contributed by atoms with van der Waals surface area (Å²) in [5, 5.41) is 35.1. The van der Waals surface area contributed by atoms with Gasteiger partial charge in [-0.2, -0.15) is 5.10 Å². The highest BCUT2D eigenvalue weighted by atomic mass is 16.6. The first-order valence-corrected chi connectivity index (χ1v) is 6.96. The second kappa shape index (κ2) is 7.70. The molecule has 2 aromatic rings. The normalized spacial score (nSPS) is 10.5. The lowest BCUT2D eigenvalue weighted by molar-refractivity contribution is -0.386. The molecule has 0 aliphatic carbocycles. The van der Waals surface area contributed by atoms with Crippen LogP contribution in [0.3, 0.4) is 0 Å². The van der Waals surface area contributed by atoms with Gasteiger partial charge in [0.15, 0.2) is 0 Å². The van der Waals surface area contributed by atoms with E-state index in [9.17, 15) is 30.1 Å². The van der Waals surface area contributed by atoms with Crippen molar-refractivity contribution in [3.63, 3.8) is 0 Å². The Morgan fingerprint density at radius 2 is 1.96 bits per heavy atom. The van der Waals surface area contributed by atoms with Crippen LogP contribution < -0.4 is 10.2 Å². The van der Waals surface area contributed by atoms with Crippen molar-refractivity contribution < 1.29 is 24.5 Å². The standard InChI is InChI=1S/C15H12N4O7/c1-26-12-6-10(14(20)13(7-12)19(24)25)8-16-17-15(21)9-3-2-4-11(5-9)18(22)23/h2-8,20H,1H3,(H,17,21)/b16-8-. The molecular formula is C15H12N4O7. The Hall–Kier alpha value is -4.02. The molecule has 0 fully saturated rings. The predicted molar refractivity (Wildman–Crippen MR) is 89.5 cm³/mol. The third kappa shape index (κ3) is 4.08. The molecule has 0 unspecified atom stereocenters. The number of nitrogens with one attached hydrogen (secondary N) is 1. The molecule has 0 aromatic heterocycles. The van der Waals surface area contributed by atoms with Crippen LogP contribution in [-0.2, 0) is 0 Å². The number of nitro groups is 2. The number of ether oxygens (including phenoxy) is 1. The molecule has 0 aliphatic heterocycles. The van der Waals surface area contributed by atoms with E-state index in [-0.39, 0.29) is 22.6 Å². The molecule has 0 saturated heterocycles. The quantitative estimate of drug-likeness (QED) is 0.453. The Balaban J connectivity index is 2.21. The zero-order valence-electron chi connectivity index (χ0n) is 13.3. The Morgan fingerprint density at radius 1 is 1.23 bits per heavy atom. The number of carbonyl (C=O) groups excluding carboxylic acids is 1. The molecule has 134 valence electrons. The molecule has 0 radical (unpaired) electrons. The number of phenolic OH excluding ortho intramolecular Hbond substituents is 1. The lowest BCUT2D eigenvalue weighted by atomic mass is 10.1. The molecule has 2 aromatic carbocycles. The number of carbonyl (C=O) groups is 1. The highest BCUT2D eigenvalue weighted by molar-refractivity contribution is 5.95. The minimum atomic E-state index is -0.795. The number of methoxy groups -OCH3 is 1. The first kappa shape index (κ1) is 18.3. The lowest BCUT2D eigenvalue weighted by Gasteiger charge is -2.05. The molecule has 0 saturated carbocycles. The van der Waals surface area contributed by atoms with Crippen molar-refractivity contribution in [3.05, 3.63) is 67.8 Å². The van der Waals surface area contributed by atoms with Gasteiger partial charge in [0.25, 0.3) is 11.6 Å². The zero-order chi connectivity index (χ0) is 19.3. The molecule has 26 heavy (non-hydrogen) atoms. The monoisotopic (exact) mass is 360 g/mol. The number of aromatic hydroxyl groups is 1. The van der Waals surface area contributed by atoms with Crippen molar-refractivity contribution in [1.29, 1.82) is 0 Å².